The molecule has 0 aromatic heterocycles. The third kappa shape index (κ3) is 6.62. The Kier molecular flexibility index (Phi) is 8.35. The number of amides is 1. The first kappa shape index (κ1) is 26.1. The first-order valence-corrected chi connectivity index (χ1v) is 12.4. The van der Waals surface area contributed by atoms with E-state index in [4.69, 9.17) is 14.2 Å². The number of benzene rings is 3. The zero-order valence-electron chi connectivity index (χ0n) is 20.0. The lowest BCUT2D eigenvalue weighted by atomic mass is 10.1. The van der Waals surface area contributed by atoms with E-state index in [1.165, 1.54) is 29.2 Å². The summed E-state index contributed by atoms with van der Waals surface area (Å²) in [6.07, 6.45) is 0.0126. The normalized spacial score (nSPS) is 14.8. The maximum absolute atomic E-state index is 12.5. The van der Waals surface area contributed by atoms with Gasteiger partial charge in [-0.2, -0.15) is 0 Å². The van der Waals surface area contributed by atoms with Gasteiger partial charge in [-0.05, 0) is 79.7 Å². The van der Waals surface area contributed by atoms with Crippen LogP contribution >= 0.6 is 15.9 Å². The molecule has 0 unspecified atom stereocenters. The summed E-state index contributed by atoms with van der Waals surface area (Å²) in [4.78, 5) is 51.3. The van der Waals surface area contributed by atoms with Gasteiger partial charge in [0.2, 0.25) is 5.91 Å². The van der Waals surface area contributed by atoms with Gasteiger partial charge in [-0.1, -0.05) is 15.9 Å². The number of hydrogen-bond donors (Lipinski definition) is 0. The predicted molar refractivity (Wildman–Crippen MR) is 139 cm³/mol. The van der Waals surface area contributed by atoms with Crippen molar-refractivity contribution in [3.8, 4) is 11.5 Å². The van der Waals surface area contributed by atoms with Crippen molar-refractivity contribution in [2.24, 2.45) is 5.92 Å². The summed E-state index contributed by atoms with van der Waals surface area (Å²) in [5.41, 5.74) is 1.36. The summed E-state index contributed by atoms with van der Waals surface area (Å²) < 4.78 is 16.8. The average Bonchev–Trinajstić information content (AvgIpc) is 3.30. The minimum Gasteiger partial charge on any atom is -0.494 e. The standard InChI is InChI=1S/C28H24BrNO7/c1-2-35-23-13-9-22(10-14-23)30-16-20(15-26(30)32)27(33)36-17-25(31)18-5-11-24(12-6-18)37-28(34)19-3-7-21(29)8-4-19/h3-14,20H,2,15-17H2,1H3/t20-/m1/s1. The molecule has 9 heteroatoms. The van der Waals surface area contributed by atoms with Crippen LogP contribution in [0.1, 0.15) is 34.1 Å². The topological polar surface area (TPSA) is 99.2 Å². The molecule has 190 valence electrons. The van der Waals surface area contributed by atoms with Crippen LogP contribution in [0, 0.1) is 5.92 Å². The molecule has 0 bridgehead atoms. The molecular weight excluding hydrogens is 542 g/mol. The molecule has 8 nitrogen and oxygen atoms in total. The highest BCUT2D eigenvalue weighted by atomic mass is 79.9. The van der Waals surface area contributed by atoms with Gasteiger partial charge in [-0.15, -0.1) is 0 Å². The second-order valence-corrected chi connectivity index (χ2v) is 9.20. The van der Waals surface area contributed by atoms with E-state index in [1.54, 1.807) is 48.5 Å². The highest BCUT2D eigenvalue weighted by Crippen LogP contribution is 2.27. The molecule has 1 saturated heterocycles. The summed E-state index contributed by atoms with van der Waals surface area (Å²) in [6.45, 7) is 2.15. The summed E-state index contributed by atoms with van der Waals surface area (Å²) >= 11 is 3.31. The fraction of sp³-hybridized carbons (Fsp3) is 0.214. The molecule has 37 heavy (non-hydrogen) atoms. The Morgan fingerprint density at radius 3 is 2.16 bits per heavy atom. The number of carbonyl (C=O) groups excluding carboxylic acids is 4. The molecule has 0 radical (unpaired) electrons. The number of ether oxygens (including phenoxy) is 3. The van der Waals surface area contributed by atoms with Crippen LogP contribution in [0.15, 0.2) is 77.3 Å². The first-order chi connectivity index (χ1) is 17.8. The van der Waals surface area contributed by atoms with E-state index in [9.17, 15) is 19.2 Å². The van der Waals surface area contributed by atoms with Crippen molar-refractivity contribution in [3.05, 3.63) is 88.4 Å². The zero-order valence-corrected chi connectivity index (χ0v) is 21.6. The number of carbonyl (C=O) groups is 4. The second-order valence-electron chi connectivity index (χ2n) is 8.28. The van der Waals surface area contributed by atoms with E-state index in [1.807, 2.05) is 6.92 Å². The first-order valence-electron chi connectivity index (χ1n) is 11.6. The molecule has 3 aromatic rings. The van der Waals surface area contributed by atoms with Crippen molar-refractivity contribution in [1.29, 1.82) is 0 Å². The van der Waals surface area contributed by atoms with Crippen molar-refractivity contribution in [2.75, 3.05) is 24.7 Å². The number of Topliss-reactive ketones (excluding diaryl/α,β-unsaturated/α-hetero) is 1. The Morgan fingerprint density at radius 1 is 0.892 bits per heavy atom. The molecule has 4 rings (SSSR count). The minimum atomic E-state index is -0.660. The van der Waals surface area contributed by atoms with Gasteiger partial charge in [0.15, 0.2) is 12.4 Å². The van der Waals surface area contributed by atoms with Gasteiger partial charge in [0.25, 0.3) is 0 Å². The summed E-state index contributed by atoms with van der Waals surface area (Å²) in [5.74, 6) is -1.41. The molecule has 1 heterocycles. The van der Waals surface area contributed by atoms with E-state index in [0.717, 1.165) is 4.47 Å². The zero-order chi connectivity index (χ0) is 26.4. The fourth-order valence-electron chi connectivity index (χ4n) is 3.80. The Balaban J connectivity index is 1.27. The number of esters is 2. The van der Waals surface area contributed by atoms with E-state index >= 15 is 0 Å². The largest absolute Gasteiger partial charge is 0.494 e. The maximum Gasteiger partial charge on any atom is 0.343 e. The Bertz CT molecular complexity index is 1290. The Labute approximate surface area is 222 Å². The highest BCUT2D eigenvalue weighted by molar-refractivity contribution is 9.10. The van der Waals surface area contributed by atoms with Gasteiger partial charge in [0, 0.05) is 28.7 Å². The van der Waals surface area contributed by atoms with Crippen LogP contribution in [-0.4, -0.2) is 43.4 Å². The SMILES string of the molecule is CCOc1ccc(N2C[C@H](C(=O)OCC(=O)c3ccc(OC(=O)c4ccc(Br)cc4)cc3)CC2=O)cc1. The highest BCUT2D eigenvalue weighted by Gasteiger charge is 2.36. The number of anilines is 1. The van der Waals surface area contributed by atoms with Crippen LogP contribution < -0.4 is 14.4 Å². The van der Waals surface area contributed by atoms with Crippen LogP contribution in [0.25, 0.3) is 0 Å². The van der Waals surface area contributed by atoms with E-state index in [2.05, 4.69) is 15.9 Å². The predicted octanol–water partition coefficient (Wildman–Crippen LogP) is 4.85. The lowest BCUT2D eigenvalue weighted by Crippen LogP contribution is -2.27. The smallest absolute Gasteiger partial charge is 0.343 e. The van der Waals surface area contributed by atoms with Crippen molar-refractivity contribution in [3.63, 3.8) is 0 Å². The molecule has 1 aliphatic rings. The van der Waals surface area contributed by atoms with E-state index in [-0.39, 0.29) is 24.6 Å². The molecule has 0 N–H and O–H groups in total. The summed E-state index contributed by atoms with van der Waals surface area (Å²) in [6, 6.07) is 19.8. The molecule has 1 atom stereocenters. The molecule has 1 amide bonds. The fourth-order valence-corrected chi connectivity index (χ4v) is 4.07. The Hall–Kier alpha value is -3.98. The third-order valence-corrected chi connectivity index (χ3v) is 6.26. The monoisotopic (exact) mass is 565 g/mol. The molecule has 0 saturated carbocycles. The van der Waals surface area contributed by atoms with Crippen molar-refractivity contribution < 1.29 is 33.4 Å². The maximum atomic E-state index is 12.5. The quantitative estimate of drug-likeness (QED) is 0.208. The van der Waals surface area contributed by atoms with Crippen LogP contribution in [0.4, 0.5) is 5.69 Å². The molecule has 1 aliphatic heterocycles. The molecule has 3 aromatic carbocycles. The number of nitrogens with zero attached hydrogens (tertiary/aromatic N) is 1. The van der Waals surface area contributed by atoms with Gasteiger partial charge in [-0.3, -0.25) is 14.4 Å². The number of ketones is 1. The third-order valence-electron chi connectivity index (χ3n) is 5.73. The van der Waals surface area contributed by atoms with Crippen LogP contribution in [0.3, 0.4) is 0 Å². The summed E-state index contributed by atoms with van der Waals surface area (Å²) in [7, 11) is 0. The lowest BCUT2D eigenvalue weighted by Gasteiger charge is -2.17. The molecule has 0 aliphatic carbocycles. The average molecular weight is 566 g/mol. The summed E-state index contributed by atoms with van der Waals surface area (Å²) in [5, 5.41) is 0. The van der Waals surface area contributed by atoms with Crippen molar-refractivity contribution in [1.82, 2.24) is 0 Å². The van der Waals surface area contributed by atoms with Crippen LogP contribution in [0.2, 0.25) is 0 Å². The molecular formula is C28H24BrNO7. The van der Waals surface area contributed by atoms with Gasteiger partial charge in [0.05, 0.1) is 18.1 Å². The number of rotatable bonds is 9. The number of hydrogen-bond acceptors (Lipinski definition) is 7. The van der Waals surface area contributed by atoms with Crippen molar-refractivity contribution in [2.45, 2.75) is 13.3 Å². The second kappa shape index (κ2) is 11.8. The van der Waals surface area contributed by atoms with Crippen LogP contribution in [0.5, 0.6) is 11.5 Å². The lowest BCUT2D eigenvalue weighted by molar-refractivity contribution is -0.147. The molecule has 1 fully saturated rings. The van der Waals surface area contributed by atoms with Crippen LogP contribution in [-0.2, 0) is 14.3 Å². The van der Waals surface area contributed by atoms with Gasteiger partial charge >= 0.3 is 11.9 Å². The molecule has 0 spiro atoms. The number of halogens is 1. The van der Waals surface area contributed by atoms with Crippen molar-refractivity contribution >= 4 is 45.2 Å². The van der Waals surface area contributed by atoms with Gasteiger partial charge < -0.3 is 19.1 Å². The minimum absolute atomic E-state index is 0.0126. The van der Waals surface area contributed by atoms with E-state index in [0.29, 0.717) is 29.2 Å². The van der Waals surface area contributed by atoms with Gasteiger partial charge in [-0.25, -0.2) is 4.79 Å². The van der Waals surface area contributed by atoms with E-state index < -0.39 is 30.2 Å². The van der Waals surface area contributed by atoms with Gasteiger partial charge in [0.1, 0.15) is 11.5 Å². The Morgan fingerprint density at radius 2 is 1.51 bits per heavy atom.